The lowest BCUT2D eigenvalue weighted by molar-refractivity contribution is -0.116. The van der Waals surface area contributed by atoms with Crippen LogP contribution in [0, 0.1) is 0 Å². The zero-order valence-electron chi connectivity index (χ0n) is 17.4. The van der Waals surface area contributed by atoms with Gasteiger partial charge in [-0.05, 0) is 55.8 Å². The van der Waals surface area contributed by atoms with Crippen LogP contribution in [0.1, 0.15) is 36.6 Å². The molecule has 1 aliphatic rings. The first-order chi connectivity index (χ1) is 14.8. The van der Waals surface area contributed by atoms with Gasteiger partial charge in [-0.3, -0.25) is 4.79 Å². The summed E-state index contributed by atoms with van der Waals surface area (Å²) in [5.74, 6) is 0.854. The quantitative estimate of drug-likeness (QED) is 0.572. The number of rotatable bonds is 6. The number of anilines is 1. The molecule has 2 heterocycles. The average molecular weight is 458 g/mol. The Morgan fingerprint density at radius 1 is 1.10 bits per heavy atom. The normalized spacial score (nSPS) is 16.0. The zero-order chi connectivity index (χ0) is 22.2. The Balaban J connectivity index is 1.75. The standard InChI is InChI=1S/C23H23NO5S2/c1-14(2)29-17-6-4-5-15(11-17)19-12-21(25)24-22-20(13-30-23(19)22)31(26,27)18-9-7-16(28-3)8-10-18/h4-11,13-14,19H,12H2,1-3H3,(H,24,25)/t19-/m0/s1. The smallest absolute Gasteiger partial charge is 0.225 e. The summed E-state index contributed by atoms with van der Waals surface area (Å²) >= 11 is 1.35. The molecule has 6 nitrogen and oxygen atoms in total. The minimum Gasteiger partial charge on any atom is -0.497 e. The van der Waals surface area contributed by atoms with Crippen LogP contribution >= 0.6 is 11.3 Å². The number of ether oxygens (including phenoxy) is 2. The van der Waals surface area contributed by atoms with Gasteiger partial charge in [0.2, 0.25) is 15.7 Å². The van der Waals surface area contributed by atoms with Crippen molar-refractivity contribution in [1.82, 2.24) is 0 Å². The molecular formula is C23H23NO5S2. The summed E-state index contributed by atoms with van der Waals surface area (Å²) in [5.41, 5.74) is 1.29. The second-order valence-electron chi connectivity index (χ2n) is 7.56. The van der Waals surface area contributed by atoms with E-state index in [4.69, 9.17) is 9.47 Å². The Bertz CT molecular complexity index is 1210. The van der Waals surface area contributed by atoms with Crippen molar-refractivity contribution < 1.29 is 22.7 Å². The van der Waals surface area contributed by atoms with E-state index in [9.17, 15) is 13.2 Å². The predicted molar refractivity (Wildman–Crippen MR) is 120 cm³/mol. The van der Waals surface area contributed by atoms with E-state index in [0.29, 0.717) is 11.4 Å². The van der Waals surface area contributed by atoms with E-state index < -0.39 is 9.84 Å². The van der Waals surface area contributed by atoms with E-state index in [2.05, 4.69) is 5.32 Å². The van der Waals surface area contributed by atoms with E-state index in [1.807, 2.05) is 38.1 Å². The van der Waals surface area contributed by atoms with Crippen LogP contribution in [0.3, 0.4) is 0 Å². The highest BCUT2D eigenvalue weighted by Crippen LogP contribution is 2.46. The van der Waals surface area contributed by atoms with Crippen molar-refractivity contribution >= 4 is 32.8 Å². The van der Waals surface area contributed by atoms with Crippen LogP contribution in [-0.4, -0.2) is 27.5 Å². The number of carbonyl (C=O) groups excluding carboxylic acids is 1. The number of hydrogen-bond donors (Lipinski definition) is 1. The monoisotopic (exact) mass is 457 g/mol. The van der Waals surface area contributed by atoms with Crippen molar-refractivity contribution in [3.05, 3.63) is 64.4 Å². The zero-order valence-corrected chi connectivity index (χ0v) is 19.0. The summed E-state index contributed by atoms with van der Waals surface area (Å²) in [6.07, 6.45) is 0.282. The third-order valence-electron chi connectivity index (χ3n) is 5.05. The third-order valence-corrected chi connectivity index (χ3v) is 8.09. The van der Waals surface area contributed by atoms with Gasteiger partial charge in [0, 0.05) is 22.6 Å². The number of amides is 1. The molecule has 31 heavy (non-hydrogen) atoms. The number of methoxy groups -OCH3 is 1. The van der Waals surface area contributed by atoms with Gasteiger partial charge < -0.3 is 14.8 Å². The first kappa shape index (κ1) is 21.4. The van der Waals surface area contributed by atoms with Crippen LogP contribution in [0.4, 0.5) is 5.69 Å². The number of carbonyl (C=O) groups is 1. The van der Waals surface area contributed by atoms with E-state index in [1.165, 1.54) is 30.6 Å². The first-order valence-electron chi connectivity index (χ1n) is 9.86. The van der Waals surface area contributed by atoms with Gasteiger partial charge >= 0.3 is 0 Å². The molecule has 0 bridgehead atoms. The molecule has 1 amide bonds. The molecule has 0 saturated carbocycles. The Morgan fingerprint density at radius 3 is 2.52 bits per heavy atom. The van der Waals surface area contributed by atoms with Gasteiger partial charge in [0.25, 0.3) is 0 Å². The maximum atomic E-state index is 13.3. The highest BCUT2D eigenvalue weighted by atomic mass is 32.2. The molecule has 0 saturated heterocycles. The molecule has 0 spiro atoms. The molecule has 2 aromatic carbocycles. The second kappa shape index (κ2) is 8.36. The molecule has 4 rings (SSSR count). The lowest BCUT2D eigenvalue weighted by Gasteiger charge is -2.24. The fraction of sp³-hybridized carbons (Fsp3) is 0.261. The second-order valence-corrected chi connectivity index (χ2v) is 10.4. The summed E-state index contributed by atoms with van der Waals surface area (Å²) in [6.45, 7) is 3.91. The van der Waals surface area contributed by atoms with Crippen molar-refractivity contribution in [2.45, 2.75) is 42.1 Å². The summed E-state index contributed by atoms with van der Waals surface area (Å²) in [5, 5.41) is 4.40. The van der Waals surface area contributed by atoms with Crippen molar-refractivity contribution in [1.29, 1.82) is 0 Å². The molecule has 0 unspecified atom stereocenters. The topological polar surface area (TPSA) is 81.7 Å². The Hall–Kier alpha value is -2.84. The van der Waals surface area contributed by atoms with Gasteiger partial charge in [-0.1, -0.05) is 12.1 Å². The molecule has 1 N–H and O–H groups in total. The van der Waals surface area contributed by atoms with Gasteiger partial charge in [-0.2, -0.15) is 0 Å². The van der Waals surface area contributed by atoms with Crippen LogP contribution in [-0.2, 0) is 14.6 Å². The number of benzene rings is 2. The average Bonchev–Trinajstić information content (AvgIpc) is 3.17. The Morgan fingerprint density at radius 2 is 1.84 bits per heavy atom. The van der Waals surface area contributed by atoms with Gasteiger partial charge in [-0.25, -0.2) is 8.42 Å². The van der Waals surface area contributed by atoms with Crippen molar-refractivity contribution in [3.8, 4) is 11.5 Å². The van der Waals surface area contributed by atoms with Gasteiger partial charge in [0.05, 0.1) is 23.8 Å². The highest BCUT2D eigenvalue weighted by Gasteiger charge is 2.34. The first-order valence-corrected chi connectivity index (χ1v) is 12.2. The Labute approximate surface area is 185 Å². The molecule has 1 atom stereocenters. The summed E-state index contributed by atoms with van der Waals surface area (Å²) in [4.78, 5) is 13.6. The minimum atomic E-state index is -3.80. The molecule has 0 fully saturated rings. The number of fused-ring (bicyclic) bond motifs is 1. The van der Waals surface area contributed by atoms with E-state index in [1.54, 1.807) is 17.5 Å². The molecular weight excluding hydrogens is 434 g/mol. The molecule has 8 heteroatoms. The van der Waals surface area contributed by atoms with E-state index in [0.717, 1.165) is 16.2 Å². The summed E-state index contributed by atoms with van der Waals surface area (Å²) in [7, 11) is -2.28. The molecule has 1 aliphatic heterocycles. The fourth-order valence-corrected chi connectivity index (χ4v) is 6.54. The van der Waals surface area contributed by atoms with Crippen LogP contribution in [0.15, 0.2) is 63.7 Å². The fourth-order valence-electron chi connectivity index (χ4n) is 3.63. The molecule has 0 aliphatic carbocycles. The van der Waals surface area contributed by atoms with Gasteiger partial charge in [0.15, 0.2) is 0 Å². The van der Waals surface area contributed by atoms with Crippen LogP contribution in [0.5, 0.6) is 11.5 Å². The predicted octanol–water partition coefficient (Wildman–Crippen LogP) is 4.85. The van der Waals surface area contributed by atoms with E-state index in [-0.39, 0.29) is 34.1 Å². The SMILES string of the molecule is COc1ccc(S(=O)(=O)c2csc3c2NC(=O)C[C@H]3c2cccc(OC(C)C)c2)cc1. The maximum absolute atomic E-state index is 13.3. The minimum absolute atomic E-state index is 0.0310. The van der Waals surface area contributed by atoms with E-state index >= 15 is 0 Å². The van der Waals surface area contributed by atoms with Crippen molar-refractivity contribution in [2.24, 2.45) is 0 Å². The summed E-state index contributed by atoms with van der Waals surface area (Å²) in [6, 6.07) is 13.9. The summed E-state index contributed by atoms with van der Waals surface area (Å²) < 4.78 is 37.5. The van der Waals surface area contributed by atoms with Crippen LogP contribution < -0.4 is 14.8 Å². The lowest BCUT2D eigenvalue weighted by atomic mass is 9.90. The third kappa shape index (κ3) is 4.18. The largest absolute Gasteiger partial charge is 0.497 e. The molecule has 1 aromatic heterocycles. The number of sulfone groups is 1. The number of thiophene rings is 1. The molecule has 3 aromatic rings. The number of hydrogen-bond acceptors (Lipinski definition) is 6. The van der Waals surface area contributed by atoms with Gasteiger partial charge in [0.1, 0.15) is 16.4 Å². The van der Waals surface area contributed by atoms with Crippen molar-refractivity contribution in [2.75, 3.05) is 12.4 Å². The molecule has 0 radical (unpaired) electrons. The van der Waals surface area contributed by atoms with Crippen LogP contribution in [0.25, 0.3) is 0 Å². The lowest BCUT2D eigenvalue weighted by Crippen LogP contribution is -2.23. The molecule has 162 valence electrons. The maximum Gasteiger partial charge on any atom is 0.225 e. The number of nitrogens with one attached hydrogen (secondary N) is 1. The highest BCUT2D eigenvalue weighted by molar-refractivity contribution is 7.91. The van der Waals surface area contributed by atoms with Gasteiger partial charge in [-0.15, -0.1) is 11.3 Å². The Kier molecular flexibility index (Phi) is 5.77. The van der Waals surface area contributed by atoms with Crippen LogP contribution in [0.2, 0.25) is 0 Å². The van der Waals surface area contributed by atoms with Crippen molar-refractivity contribution in [3.63, 3.8) is 0 Å².